The molecule has 2 atom stereocenters. The molecule has 0 heterocycles. The number of hydrogen-bond acceptors (Lipinski definition) is 4. The molecule has 138 valence electrons. The molecule has 0 bridgehead atoms. The van der Waals surface area contributed by atoms with E-state index in [1.807, 2.05) is 46.8 Å². The molecule has 0 aromatic heterocycles. The van der Waals surface area contributed by atoms with Gasteiger partial charge in [-0.2, -0.15) is 0 Å². The van der Waals surface area contributed by atoms with Crippen molar-refractivity contribution in [3.8, 4) is 0 Å². The summed E-state index contributed by atoms with van der Waals surface area (Å²) in [4.78, 5) is 35.0. The fraction of sp³-hybridized carbons (Fsp3) is 0.722. The van der Waals surface area contributed by atoms with Crippen molar-refractivity contribution in [1.82, 2.24) is 10.6 Å². The molecular weight excluding hydrogens is 306 g/mol. The molecule has 0 saturated heterocycles. The third-order valence-corrected chi connectivity index (χ3v) is 3.47. The van der Waals surface area contributed by atoms with E-state index in [0.29, 0.717) is 19.3 Å². The van der Waals surface area contributed by atoms with Crippen LogP contribution >= 0.6 is 0 Å². The SMILES string of the molecule is CC(=O)NC(C/C=C\CCC(NC(C)C)C(N)=O)C(=O)C(C)(C)C. The minimum absolute atomic E-state index is 0.00108. The van der Waals surface area contributed by atoms with Crippen molar-refractivity contribution < 1.29 is 14.4 Å². The fourth-order valence-electron chi connectivity index (χ4n) is 2.32. The van der Waals surface area contributed by atoms with Crippen LogP contribution in [0.4, 0.5) is 0 Å². The number of rotatable bonds is 10. The Morgan fingerprint density at radius 2 is 1.67 bits per heavy atom. The van der Waals surface area contributed by atoms with Gasteiger partial charge in [-0.25, -0.2) is 0 Å². The van der Waals surface area contributed by atoms with E-state index >= 15 is 0 Å². The van der Waals surface area contributed by atoms with Crippen LogP contribution in [-0.2, 0) is 14.4 Å². The van der Waals surface area contributed by atoms with Gasteiger partial charge in [0.2, 0.25) is 11.8 Å². The molecule has 6 heteroatoms. The molecule has 0 spiro atoms. The lowest BCUT2D eigenvalue weighted by atomic mass is 9.85. The van der Waals surface area contributed by atoms with E-state index in [-0.39, 0.29) is 29.7 Å². The highest BCUT2D eigenvalue weighted by atomic mass is 16.2. The summed E-state index contributed by atoms with van der Waals surface area (Å²) in [5, 5.41) is 5.83. The molecule has 0 aliphatic carbocycles. The van der Waals surface area contributed by atoms with Gasteiger partial charge < -0.3 is 16.4 Å². The van der Waals surface area contributed by atoms with E-state index in [2.05, 4.69) is 10.6 Å². The van der Waals surface area contributed by atoms with Crippen LogP contribution in [0, 0.1) is 5.41 Å². The van der Waals surface area contributed by atoms with E-state index in [9.17, 15) is 14.4 Å². The fourth-order valence-corrected chi connectivity index (χ4v) is 2.32. The van der Waals surface area contributed by atoms with Crippen molar-refractivity contribution in [2.75, 3.05) is 0 Å². The number of allylic oxidation sites excluding steroid dienone is 1. The third-order valence-electron chi connectivity index (χ3n) is 3.47. The van der Waals surface area contributed by atoms with Gasteiger partial charge in [0.1, 0.15) is 0 Å². The van der Waals surface area contributed by atoms with Crippen LogP contribution in [0.25, 0.3) is 0 Å². The van der Waals surface area contributed by atoms with Gasteiger partial charge in [0.15, 0.2) is 5.78 Å². The highest BCUT2D eigenvalue weighted by molar-refractivity contribution is 5.92. The van der Waals surface area contributed by atoms with Crippen molar-refractivity contribution in [2.24, 2.45) is 11.1 Å². The van der Waals surface area contributed by atoms with Crippen LogP contribution in [0.5, 0.6) is 0 Å². The first kappa shape index (κ1) is 22.3. The zero-order chi connectivity index (χ0) is 18.9. The summed E-state index contributed by atoms with van der Waals surface area (Å²) in [6.45, 7) is 10.8. The zero-order valence-electron chi connectivity index (χ0n) is 15.8. The van der Waals surface area contributed by atoms with Gasteiger partial charge in [0.25, 0.3) is 0 Å². The predicted molar refractivity (Wildman–Crippen MR) is 96.3 cm³/mol. The highest BCUT2D eigenvalue weighted by Gasteiger charge is 2.29. The van der Waals surface area contributed by atoms with E-state index in [1.54, 1.807) is 0 Å². The lowest BCUT2D eigenvalue weighted by Crippen LogP contribution is -2.44. The average Bonchev–Trinajstić information content (AvgIpc) is 2.41. The number of amides is 2. The van der Waals surface area contributed by atoms with Crippen molar-refractivity contribution in [3.63, 3.8) is 0 Å². The maximum absolute atomic E-state index is 12.4. The minimum Gasteiger partial charge on any atom is -0.368 e. The Hall–Kier alpha value is -1.69. The maximum Gasteiger partial charge on any atom is 0.234 e. The molecule has 0 rings (SSSR count). The Morgan fingerprint density at radius 3 is 2.08 bits per heavy atom. The van der Waals surface area contributed by atoms with E-state index in [0.717, 1.165) is 0 Å². The summed E-state index contributed by atoms with van der Waals surface area (Å²) in [7, 11) is 0. The Morgan fingerprint density at radius 1 is 1.08 bits per heavy atom. The molecule has 4 N–H and O–H groups in total. The Kier molecular flexibility index (Phi) is 9.51. The molecule has 2 unspecified atom stereocenters. The third kappa shape index (κ3) is 9.45. The number of carbonyl (C=O) groups is 3. The first-order valence-electron chi connectivity index (χ1n) is 8.47. The standard InChI is InChI=1S/C18H33N3O3/c1-12(2)20-15(17(19)24)11-9-7-8-10-14(21-13(3)22)16(23)18(4,5)6/h7-8,12,14-15,20H,9-11H2,1-6H3,(H2,19,24)(H,21,22)/b8-7-. The van der Waals surface area contributed by atoms with Crippen molar-refractivity contribution in [2.45, 2.75) is 78.9 Å². The number of Topliss-reactive ketones (excluding diaryl/α,β-unsaturated/α-hetero) is 1. The van der Waals surface area contributed by atoms with Gasteiger partial charge in [0.05, 0.1) is 12.1 Å². The summed E-state index contributed by atoms with van der Waals surface area (Å²) in [5.74, 6) is -0.587. The maximum atomic E-state index is 12.4. The predicted octanol–water partition coefficient (Wildman–Crippen LogP) is 1.68. The summed E-state index contributed by atoms with van der Waals surface area (Å²) >= 11 is 0. The van der Waals surface area contributed by atoms with Gasteiger partial charge in [-0.15, -0.1) is 0 Å². The van der Waals surface area contributed by atoms with E-state index < -0.39 is 11.5 Å². The van der Waals surface area contributed by atoms with Crippen LogP contribution < -0.4 is 16.4 Å². The number of nitrogens with one attached hydrogen (secondary N) is 2. The van der Waals surface area contributed by atoms with E-state index in [1.165, 1.54) is 6.92 Å². The quantitative estimate of drug-likeness (QED) is 0.527. The molecule has 0 saturated carbocycles. The lowest BCUT2D eigenvalue weighted by Gasteiger charge is -2.24. The summed E-state index contributed by atoms with van der Waals surface area (Å²) in [6.07, 6.45) is 5.50. The summed E-state index contributed by atoms with van der Waals surface area (Å²) in [6, 6.07) is -0.712. The second-order valence-corrected chi connectivity index (χ2v) is 7.43. The van der Waals surface area contributed by atoms with Gasteiger partial charge in [-0.05, 0) is 19.3 Å². The zero-order valence-corrected chi connectivity index (χ0v) is 15.8. The molecule has 2 amide bonds. The van der Waals surface area contributed by atoms with E-state index in [4.69, 9.17) is 5.73 Å². The minimum atomic E-state index is -0.528. The molecule has 0 aliphatic rings. The summed E-state index contributed by atoms with van der Waals surface area (Å²) < 4.78 is 0. The number of nitrogens with two attached hydrogens (primary N) is 1. The van der Waals surface area contributed by atoms with Crippen LogP contribution in [0.15, 0.2) is 12.2 Å². The second-order valence-electron chi connectivity index (χ2n) is 7.43. The molecule has 0 fully saturated rings. The van der Waals surface area contributed by atoms with Crippen LogP contribution in [-0.4, -0.2) is 35.7 Å². The lowest BCUT2D eigenvalue weighted by molar-refractivity contribution is -0.131. The Bertz CT molecular complexity index is 465. The van der Waals surface area contributed by atoms with Crippen molar-refractivity contribution in [3.05, 3.63) is 12.2 Å². The number of primary amides is 1. The second kappa shape index (κ2) is 10.2. The van der Waals surface area contributed by atoms with Gasteiger partial charge in [-0.1, -0.05) is 46.8 Å². The largest absolute Gasteiger partial charge is 0.368 e. The molecular formula is C18H33N3O3. The highest BCUT2D eigenvalue weighted by Crippen LogP contribution is 2.18. The van der Waals surface area contributed by atoms with Crippen molar-refractivity contribution >= 4 is 17.6 Å². The van der Waals surface area contributed by atoms with Gasteiger partial charge >= 0.3 is 0 Å². The first-order valence-corrected chi connectivity index (χ1v) is 8.47. The molecule has 0 aliphatic heterocycles. The Balaban J connectivity index is 4.58. The first-order chi connectivity index (χ1) is 10.9. The van der Waals surface area contributed by atoms with Gasteiger partial charge in [0, 0.05) is 18.4 Å². The summed E-state index contributed by atoms with van der Waals surface area (Å²) in [5.41, 5.74) is 4.86. The number of carbonyl (C=O) groups excluding carboxylic acids is 3. The number of hydrogen-bond donors (Lipinski definition) is 3. The smallest absolute Gasteiger partial charge is 0.234 e. The molecule has 0 aromatic carbocycles. The van der Waals surface area contributed by atoms with Gasteiger partial charge in [-0.3, -0.25) is 14.4 Å². The van der Waals surface area contributed by atoms with Crippen LogP contribution in [0.2, 0.25) is 0 Å². The normalized spacial score (nSPS) is 14.6. The van der Waals surface area contributed by atoms with Crippen molar-refractivity contribution in [1.29, 1.82) is 0 Å². The average molecular weight is 339 g/mol. The molecule has 24 heavy (non-hydrogen) atoms. The number of ketones is 1. The Labute approximate surface area is 145 Å². The topological polar surface area (TPSA) is 101 Å². The molecule has 0 radical (unpaired) electrons. The molecule has 0 aromatic rings. The van der Waals surface area contributed by atoms with Crippen LogP contribution in [0.1, 0.15) is 60.8 Å². The van der Waals surface area contributed by atoms with Crippen LogP contribution in [0.3, 0.4) is 0 Å². The molecule has 6 nitrogen and oxygen atoms in total. The monoisotopic (exact) mass is 339 g/mol.